The molecule has 0 saturated heterocycles. The van der Waals surface area contributed by atoms with E-state index < -0.39 is 29.5 Å². The van der Waals surface area contributed by atoms with Crippen molar-refractivity contribution in [2.24, 2.45) is 0 Å². The summed E-state index contributed by atoms with van der Waals surface area (Å²) < 4.78 is 18.6. The number of halogens is 2. The minimum Gasteiger partial charge on any atom is -0.444 e. The summed E-state index contributed by atoms with van der Waals surface area (Å²) in [6.45, 7) is 6.57. The van der Waals surface area contributed by atoms with Gasteiger partial charge in [0.15, 0.2) is 0 Å². The van der Waals surface area contributed by atoms with Crippen LogP contribution >= 0.6 is 11.6 Å². The van der Waals surface area contributed by atoms with E-state index in [1.165, 1.54) is 25.1 Å². The minimum absolute atomic E-state index is 0.0767. The van der Waals surface area contributed by atoms with Crippen molar-refractivity contribution in [3.05, 3.63) is 29.0 Å². The van der Waals surface area contributed by atoms with Crippen molar-refractivity contribution >= 4 is 29.3 Å². The van der Waals surface area contributed by atoms with Gasteiger partial charge in [-0.2, -0.15) is 0 Å². The first-order valence-electron chi connectivity index (χ1n) is 6.34. The van der Waals surface area contributed by atoms with Crippen LogP contribution in [0.3, 0.4) is 0 Å². The Hall–Kier alpha value is -1.82. The van der Waals surface area contributed by atoms with Gasteiger partial charge in [-0.1, -0.05) is 17.7 Å². The van der Waals surface area contributed by atoms with Crippen LogP contribution in [0, 0.1) is 5.82 Å². The third kappa shape index (κ3) is 5.59. The fourth-order valence-corrected chi connectivity index (χ4v) is 1.61. The molecule has 1 atom stereocenters. The van der Waals surface area contributed by atoms with Gasteiger partial charge in [-0.3, -0.25) is 4.79 Å². The largest absolute Gasteiger partial charge is 0.444 e. The number of carbonyl (C=O) groups is 2. The second kappa shape index (κ2) is 6.76. The molecule has 0 radical (unpaired) electrons. The molecule has 0 heterocycles. The fraction of sp³-hybridized carbons (Fsp3) is 0.429. The van der Waals surface area contributed by atoms with Crippen LogP contribution in [0.4, 0.5) is 14.9 Å². The number of ether oxygens (including phenoxy) is 1. The molecule has 1 aromatic carbocycles. The quantitative estimate of drug-likeness (QED) is 0.898. The van der Waals surface area contributed by atoms with Gasteiger partial charge in [0.05, 0.1) is 10.7 Å². The summed E-state index contributed by atoms with van der Waals surface area (Å²) in [5.41, 5.74) is -0.795. The molecule has 1 unspecified atom stereocenters. The summed E-state index contributed by atoms with van der Waals surface area (Å²) in [5, 5.41) is 4.76. The molecule has 0 fully saturated rings. The standard InChI is InChI=1S/C14H18ClFN2O3/c1-8(17-13(20)21-14(2,3)4)12(19)18-11-9(15)6-5-7-10(11)16/h5-8H,1-4H3,(H,17,20)(H,18,19). The maximum atomic E-state index is 13.5. The highest BCUT2D eigenvalue weighted by atomic mass is 35.5. The number of amides is 2. The van der Waals surface area contributed by atoms with Crippen molar-refractivity contribution in [1.29, 1.82) is 0 Å². The zero-order chi connectivity index (χ0) is 16.2. The first kappa shape index (κ1) is 17.2. The lowest BCUT2D eigenvalue weighted by molar-refractivity contribution is -0.117. The van der Waals surface area contributed by atoms with Crippen molar-refractivity contribution in [1.82, 2.24) is 5.32 Å². The first-order valence-corrected chi connectivity index (χ1v) is 6.72. The summed E-state index contributed by atoms with van der Waals surface area (Å²) in [6.07, 6.45) is -0.732. The number of hydrogen-bond acceptors (Lipinski definition) is 3. The molecule has 116 valence electrons. The number of benzene rings is 1. The lowest BCUT2D eigenvalue weighted by Crippen LogP contribution is -2.44. The average molecular weight is 317 g/mol. The highest BCUT2D eigenvalue weighted by molar-refractivity contribution is 6.33. The second-order valence-electron chi connectivity index (χ2n) is 5.45. The topological polar surface area (TPSA) is 67.4 Å². The monoisotopic (exact) mass is 316 g/mol. The average Bonchev–Trinajstić information content (AvgIpc) is 2.31. The van der Waals surface area contributed by atoms with Crippen molar-refractivity contribution in [2.75, 3.05) is 5.32 Å². The minimum atomic E-state index is -0.907. The normalized spacial score (nSPS) is 12.5. The van der Waals surface area contributed by atoms with Crippen LogP contribution in [0.25, 0.3) is 0 Å². The van der Waals surface area contributed by atoms with Crippen molar-refractivity contribution in [3.8, 4) is 0 Å². The van der Waals surface area contributed by atoms with Gasteiger partial charge >= 0.3 is 6.09 Å². The maximum Gasteiger partial charge on any atom is 0.408 e. The van der Waals surface area contributed by atoms with Gasteiger partial charge in [-0.15, -0.1) is 0 Å². The third-order valence-corrected chi connectivity index (χ3v) is 2.65. The van der Waals surface area contributed by atoms with Crippen molar-refractivity contribution < 1.29 is 18.7 Å². The van der Waals surface area contributed by atoms with Crippen LogP contribution in [0.15, 0.2) is 18.2 Å². The molecule has 0 aliphatic heterocycles. The molecule has 0 aliphatic rings. The Balaban J connectivity index is 2.65. The molecule has 0 spiro atoms. The molecule has 21 heavy (non-hydrogen) atoms. The number of nitrogens with one attached hydrogen (secondary N) is 2. The highest BCUT2D eigenvalue weighted by Gasteiger charge is 2.22. The van der Waals surface area contributed by atoms with Gasteiger partial charge in [-0.25, -0.2) is 9.18 Å². The molecule has 0 aromatic heterocycles. The molecule has 2 amide bonds. The van der Waals surface area contributed by atoms with E-state index in [-0.39, 0.29) is 10.7 Å². The number of hydrogen-bond donors (Lipinski definition) is 2. The number of alkyl carbamates (subject to hydrolysis) is 1. The Kier molecular flexibility index (Phi) is 5.54. The van der Waals surface area contributed by atoms with E-state index in [1.54, 1.807) is 20.8 Å². The van der Waals surface area contributed by atoms with Crippen LogP contribution in [-0.2, 0) is 9.53 Å². The Labute approximate surface area is 127 Å². The zero-order valence-corrected chi connectivity index (χ0v) is 13.0. The molecular weight excluding hydrogens is 299 g/mol. The molecule has 5 nitrogen and oxygen atoms in total. The van der Waals surface area contributed by atoms with Gasteiger partial charge in [0.25, 0.3) is 0 Å². The molecule has 2 N–H and O–H groups in total. The van der Waals surface area contributed by atoms with E-state index in [4.69, 9.17) is 16.3 Å². The van der Waals surface area contributed by atoms with Crippen LogP contribution in [0.1, 0.15) is 27.7 Å². The Morgan fingerprint density at radius 3 is 2.48 bits per heavy atom. The molecule has 1 aromatic rings. The third-order valence-electron chi connectivity index (χ3n) is 2.34. The zero-order valence-electron chi connectivity index (χ0n) is 12.3. The van der Waals surface area contributed by atoms with E-state index >= 15 is 0 Å². The summed E-state index contributed by atoms with van der Waals surface area (Å²) in [6, 6.07) is 3.14. The molecule has 0 saturated carbocycles. The van der Waals surface area contributed by atoms with Crippen LogP contribution in [0.2, 0.25) is 5.02 Å². The first-order chi connectivity index (χ1) is 9.60. The lowest BCUT2D eigenvalue weighted by atomic mass is 10.2. The predicted octanol–water partition coefficient (Wildman–Crippen LogP) is 3.33. The number of rotatable bonds is 3. The lowest BCUT2D eigenvalue weighted by Gasteiger charge is -2.21. The summed E-state index contributed by atoms with van der Waals surface area (Å²) >= 11 is 5.80. The Morgan fingerprint density at radius 1 is 1.33 bits per heavy atom. The van der Waals surface area contributed by atoms with E-state index in [2.05, 4.69) is 10.6 Å². The summed E-state index contributed by atoms with van der Waals surface area (Å²) in [7, 11) is 0. The smallest absolute Gasteiger partial charge is 0.408 e. The maximum absolute atomic E-state index is 13.5. The predicted molar refractivity (Wildman–Crippen MR) is 78.9 cm³/mol. The van der Waals surface area contributed by atoms with E-state index in [0.29, 0.717) is 0 Å². The highest BCUT2D eigenvalue weighted by Crippen LogP contribution is 2.24. The number of carbonyl (C=O) groups excluding carboxylic acids is 2. The van der Waals surface area contributed by atoms with Gasteiger partial charge < -0.3 is 15.4 Å². The van der Waals surface area contributed by atoms with E-state index in [1.807, 2.05) is 0 Å². The van der Waals surface area contributed by atoms with Crippen molar-refractivity contribution in [3.63, 3.8) is 0 Å². The van der Waals surface area contributed by atoms with Gasteiger partial charge in [0.1, 0.15) is 17.5 Å². The van der Waals surface area contributed by atoms with E-state index in [0.717, 1.165) is 0 Å². The SMILES string of the molecule is CC(NC(=O)OC(C)(C)C)C(=O)Nc1c(F)cccc1Cl. The van der Waals surface area contributed by atoms with Crippen LogP contribution < -0.4 is 10.6 Å². The van der Waals surface area contributed by atoms with E-state index in [9.17, 15) is 14.0 Å². The summed E-state index contributed by atoms with van der Waals surface area (Å²) in [4.78, 5) is 23.5. The Morgan fingerprint density at radius 2 is 1.95 bits per heavy atom. The van der Waals surface area contributed by atoms with Gasteiger partial charge in [-0.05, 0) is 39.8 Å². The van der Waals surface area contributed by atoms with Gasteiger partial charge in [0.2, 0.25) is 5.91 Å². The molecule has 0 bridgehead atoms. The second-order valence-corrected chi connectivity index (χ2v) is 5.86. The molecule has 0 aliphatic carbocycles. The van der Waals surface area contributed by atoms with Crippen molar-refractivity contribution in [2.45, 2.75) is 39.3 Å². The molecule has 1 rings (SSSR count). The fourth-order valence-electron chi connectivity index (χ4n) is 1.40. The van der Waals surface area contributed by atoms with Crippen LogP contribution in [0.5, 0.6) is 0 Å². The summed E-state index contributed by atoms with van der Waals surface area (Å²) in [5.74, 6) is -1.26. The molecular formula is C14H18ClFN2O3. The number of para-hydroxylation sites is 1. The van der Waals surface area contributed by atoms with Crippen LogP contribution in [-0.4, -0.2) is 23.6 Å². The molecule has 7 heteroatoms. The van der Waals surface area contributed by atoms with Gasteiger partial charge in [0, 0.05) is 0 Å². The Bertz CT molecular complexity index is 523. The number of anilines is 1.